The molecule has 6 bridgehead atoms. The van der Waals surface area contributed by atoms with Gasteiger partial charge in [-0.1, -0.05) is 70.5 Å². The van der Waals surface area contributed by atoms with E-state index in [9.17, 15) is 24.0 Å². The van der Waals surface area contributed by atoms with Crippen molar-refractivity contribution in [1.29, 1.82) is 0 Å². The first-order chi connectivity index (χ1) is 32.0. The quantitative estimate of drug-likeness (QED) is 0.109. The molecule has 2 N–H and O–H groups in total. The highest BCUT2D eigenvalue weighted by atomic mass is 16.5. The number of nitrogens with one attached hydrogen (secondary N) is 2. The van der Waals surface area contributed by atoms with E-state index >= 15 is 0 Å². The topological polar surface area (TPSA) is 155 Å². The number of benzene rings is 2. The van der Waals surface area contributed by atoms with Crippen molar-refractivity contribution in [2.24, 2.45) is 23.2 Å². The number of methoxy groups -OCH3 is 1. The predicted octanol–water partition coefficient (Wildman–Crippen LogP) is 6.12. The second-order valence-corrected chi connectivity index (χ2v) is 19.4. The molecule has 1 unspecified atom stereocenters. The van der Waals surface area contributed by atoms with Crippen molar-refractivity contribution >= 4 is 40.5 Å². The third-order valence-electron chi connectivity index (χ3n) is 13.6. The smallest absolute Gasteiger partial charge is 0.310 e. The van der Waals surface area contributed by atoms with Crippen molar-refractivity contribution in [1.82, 2.24) is 35.1 Å². The van der Waals surface area contributed by atoms with E-state index in [2.05, 4.69) is 72.0 Å². The molecule has 14 heteroatoms. The number of esters is 1. The summed E-state index contributed by atoms with van der Waals surface area (Å²) in [5, 5.41) is 5.58. The molecular formula is C53H65N7O7. The number of nitrogens with zero attached hydrogens (tertiary/aromatic N) is 5. The van der Waals surface area contributed by atoms with Crippen LogP contribution in [0.2, 0.25) is 0 Å². The molecule has 0 saturated carbocycles. The van der Waals surface area contributed by atoms with Crippen molar-refractivity contribution in [3.8, 4) is 34.7 Å². The fraction of sp³-hybridized carbons (Fsp3) is 0.472. The maximum absolute atomic E-state index is 14.7. The molecule has 2 saturated heterocycles. The molecule has 4 amide bonds. The van der Waals surface area contributed by atoms with Crippen LogP contribution in [-0.4, -0.2) is 113 Å². The summed E-state index contributed by atoms with van der Waals surface area (Å²) >= 11 is 0. The highest BCUT2D eigenvalue weighted by Crippen LogP contribution is 2.42. The number of cyclic esters (lactones) is 1. The number of carbonyl (C=O) groups is 5. The van der Waals surface area contributed by atoms with Gasteiger partial charge in [0.15, 0.2) is 0 Å². The van der Waals surface area contributed by atoms with Crippen LogP contribution in [0, 0.1) is 35.5 Å². The van der Waals surface area contributed by atoms with Gasteiger partial charge in [-0.15, -0.1) is 6.42 Å². The SMILES string of the molecule is C#CCn1c(-c2cccnc2[C@H](C)OC)c2c3cc(ccc31)-c1cccc(c1)C[C@H](NC(=O)C(C(C)C)N(C)C(=O)[C@H]1CCN(C(=O)C=C)C1)C(=O)N1CCC[C@H](CN1)C(=O)OCC(C)(C)C2. The van der Waals surface area contributed by atoms with Gasteiger partial charge in [-0.05, 0) is 91.1 Å². The number of terminal acetylenes is 1. The van der Waals surface area contributed by atoms with E-state index in [-0.39, 0.29) is 61.8 Å². The molecule has 14 nitrogen and oxygen atoms in total. The minimum Gasteiger partial charge on any atom is -0.465 e. The minimum atomic E-state index is -1.03. The number of fused-ring (bicyclic) bond motifs is 7. The lowest BCUT2D eigenvalue weighted by Gasteiger charge is -2.34. The molecule has 4 aromatic rings. The second kappa shape index (κ2) is 20.7. The van der Waals surface area contributed by atoms with Crippen LogP contribution in [-0.2, 0) is 52.8 Å². The number of hydrazine groups is 1. The minimum absolute atomic E-state index is 0.149. The third kappa shape index (κ3) is 10.5. The van der Waals surface area contributed by atoms with Crippen molar-refractivity contribution in [2.75, 3.05) is 46.9 Å². The van der Waals surface area contributed by atoms with Gasteiger partial charge in [-0.3, -0.25) is 34.0 Å². The first-order valence-electron chi connectivity index (χ1n) is 23.4. The normalized spacial score (nSPS) is 20.9. The van der Waals surface area contributed by atoms with Gasteiger partial charge in [-0.25, -0.2) is 5.43 Å². The van der Waals surface area contributed by atoms with Gasteiger partial charge in [0.2, 0.25) is 17.7 Å². The molecule has 0 radical (unpaired) electrons. The molecule has 5 heterocycles. The Kier molecular flexibility index (Phi) is 15.0. The summed E-state index contributed by atoms with van der Waals surface area (Å²) in [5.41, 5.74) is 9.97. The monoisotopic (exact) mass is 911 g/mol. The van der Waals surface area contributed by atoms with Gasteiger partial charge in [0.05, 0.1) is 42.5 Å². The van der Waals surface area contributed by atoms with Gasteiger partial charge in [-0.2, -0.15) is 0 Å². The zero-order chi connectivity index (χ0) is 48.2. The molecule has 7 rings (SSSR count). The number of likely N-dealkylation sites (tertiary alicyclic amines) is 1. The third-order valence-corrected chi connectivity index (χ3v) is 13.6. The Balaban J connectivity index is 1.30. The summed E-state index contributed by atoms with van der Waals surface area (Å²) < 4.78 is 14.1. The number of pyridine rings is 1. The number of likely N-dealkylation sites (N-methyl/N-ethyl adjacent to an activating group) is 1. The van der Waals surface area contributed by atoms with Crippen LogP contribution in [0.4, 0.5) is 0 Å². The Bertz CT molecular complexity index is 2570. The first kappa shape index (κ1) is 48.6. The van der Waals surface area contributed by atoms with E-state index < -0.39 is 35.2 Å². The van der Waals surface area contributed by atoms with Crippen molar-refractivity contribution < 1.29 is 33.4 Å². The number of amides is 4. The van der Waals surface area contributed by atoms with E-state index in [0.29, 0.717) is 45.3 Å². The van der Waals surface area contributed by atoms with Gasteiger partial charge >= 0.3 is 5.97 Å². The fourth-order valence-corrected chi connectivity index (χ4v) is 10.0. The van der Waals surface area contributed by atoms with Crippen LogP contribution < -0.4 is 10.7 Å². The van der Waals surface area contributed by atoms with E-state index in [0.717, 1.165) is 50.1 Å². The largest absolute Gasteiger partial charge is 0.465 e. The summed E-state index contributed by atoms with van der Waals surface area (Å²) in [5.74, 6) is -0.0421. The molecule has 354 valence electrons. The van der Waals surface area contributed by atoms with Crippen LogP contribution in [0.15, 0.2) is 73.4 Å². The van der Waals surface area contributed by atoms with Crippen molar-refractivity contribution in [3.05, 3.63) is 90.3 Å². The van der Waals surface area contributed by atoms with Crippen molar-refractivity contribution in [3.63, 3.8) is 0 Å². The molecule has 2 aromatic carbocycles. The molecular weight excluding hydrogens is 847 g/mol. The average molecular weight is 912 g/mol. The molecule has 3 aliphatic heterocycles. The summed E-state index contributed by atoms with van der Waals surface area (Å²) in [7, 11) is 3.28. The van der Waals surface area contributed by atoms with Crippen LogP contribution in [0.3, 0.4) is 0 Å². The summed E-state index contributed by atoms with van der Waals surface area (Å²) in [4.78, 5) is 77.3. The summed E-state index contributed by atoms with van der Waals surface area (Å²) in [6.45, 7) is 15.1. The van der Waals surface area contributed by atoms with Crippen LogP contribution in [0.1, 0.15) is 76.8 Å². The Morgan fingerprint density at radius 2 is 1.87 bits per heavy atom. The van der Waals surface area contributed by atoms with Crippen LogP contribution >= 0.6 is 0 Å². The Hall–Kier alpha value is -6.30. The lowest BCUT2D eigenvalue weighted by atomic mass is 9.84. The number of aromatic nitrogens is 2. The van der Waals surface area contributed by atoms with Crippen LogP contribution in [0.5, 0.6) is 0 Å². The second-order valence-electron chi connectivity index (χ2n) is 19.4. The standard InChI is InChI=1S/C53H65N7O7/c1-10-23-59-44-20-19-37-28-41(44)42(48(59)40-18-13-22-54-46(40)34(5)66-9)29-53(6,7)32-67-52(65)38-17-14-24-60(55-30-38)51(64)43(27-35-15-12-16-36(37)26-35)56-49(62)47(33(3)4)57(8)50(63)39-21-25-58(31-39)45(61)11-2/h1,11-13,15-16,18-20,22,26,28,33-34,38-39,43,47,55H,2,14,17,21,23-25,27,29-32H2,3-9H3,(H,56,62)/t34-,38+,39-,43-,47?/m0/s1. The Labute approximate surface area is 394 Å². The number of rotatable bonds is 10. The van der Waals surface area contributed by atoms with Gasteiger partial charge in [0.1, 0.15) is 12.1 Å². The number of hydrogen-bond acceptors (Lipinski definition) is 9. The summed E-state index contributed by atoms with van der Waals surface area (Å²) in [6, 6.07) is 16.3. The highest BCUT2D eigenvalue weighted by Gasteiger charge is 2.40. The molecule has 0 aliphatic carbocycles. The van der Waals surface area contributed by atoms with Crippen molar-refractivity contribution in [2.45, 2.75) is 91.5 Å². The van der Waals surface area contributed by atoms with Crippen LogP contribution in [0.25, 0.3) is 33.3 Å². The molecule has 5 atom stereocenters. The summed E-state index contributed by atoms with van der Waals surface area (Å²) in [6.07, 6.45) is 11.0. The number of hydrogen-bond donors (Lipinski definition) is 2. The predicted molar refractivity (Wildman–Crippen MR) is 258 cm³/mol. The van der Waals surface area contributed by atoms with Gasteiger partial charge in [0, 0.05) is 74.8 Å². The lowest BCUT2D eigenvalue weighted by Crippen LogP contribution is -2.59. The number of ether oxygens (including phenoxy) is 2. The van der Waals surface area contributed by atoms with Gasteiger partial charge < -0.3 is 29.2 Å². The Morgan fingerprint density at radius 1 is 1.09 bits per heavy atom. The lowest BCUT2D eigenvalue weighted by molar-refractivity contribution is -0.152. The van der Waals surface area contributed by atoms with E-state index in [1.165, 1.54) is 16.0 Å². The molecule has 2 fully saturated rings. The first-order valence-corrected chi connectivity index (χ1v) is 23.4. The fourth-order valence-electron chi connectivity index (χ4n) is 10.0. The Morgan fingerprint density at radius 3 is 2.60 bits per heavy atom. The molecule has 3 aliphatic rings. The number of carbonyl (C=O) groups excluding carboxylic acids is 5. The van der Waals surface area contributed by atoms with E-state index in [1.54, 1.807) is 25.3 Å². The zero-order valence-electron chi connectivity index (χ0n) is 40.0. The molecule has 0 spiro atoms. The maximum Gasteiger partial charge on any atom is 0.310 e. The zero-order valence-corrected chi connectivity index (χ0v) is 40.0. The maximum atomic E-state index is 14.7. The van der Waals surface area contributed by atoms with E-state index in [4.69, 9.17) is 20.9 Å². The highest BCUT2D eigenvalue weighted by molar-refractivity contribution is 5.96. The average Bonchev–Trinajstić information content (AvgIpc) is 3.83. The molecule has 67 heavy (non-hydrogen) atoms. The molecule has 2 aromatic heterocycles. The van der Waals surface area contributed by atoms with Gasteiger partial charge in [0.25, 0.3) is 5.91 Å². The van der Waals surface area contributed by atoms with E-state index in [1.807, 2.05) is 45.0 Å².